The van der Waals surface area contributed by atoms with Crippen molar-refractivity contribution in [3.05, 3.63) is 72.3 Å². The number of hydrogen-bond donors (Lipinski definition) is 1. The lowest BCUT2D eigenvalue weighted by atomic mass is 10.1. The molecule has 19 heavy (non-hydrogen) atoms. The van der Waals surface area contributed by atoms with Crippen molar-refractivity contribution < 1.29 is 14.6 Å². The van der Waals surface area contributed by atoms with E-state index < -0.39 is 5.97 Å². The molecule has 0 aliphatic heterocycles. The zero-order chi connectivity index (χ0) is 13.7. The first-order valence-corrected chi connectivity index (χ1v) is 5.90. The molecule has 0 bridgehead atoms. The molecule has 0 unspecified atom stereocenters. The van der Waals surface area contributed by atoms with E-state index in [1.165, 1.54) is 6.07 Å². The van der Waals surface area contributed by atoms with Crippen LogP contribution in [0.4, 0.5) is 0 Å². The highest BCUT2D eigenvalue weighted by atomic mass is 16.5. The van der Waals surface area contributed by atoms with Crippen LogP contribution >= 0.6 is 0 Å². The lowest BCUT2D eigenvalue weighted by molar-refractivity contribution is 0.0729. The van der Waals surface area contributed by atoms with Crippen LogP contribution in [0.5, 0.6) is 11.5 Å². The van der Waals surface area contributed by atoms with E-state index in [9.17, 15) is 9.90 Å². The molecule has 0 radical (unpaired) electrons. The van der Waals surface area contributed by atoms with Gasteiger partial charge in [-0.15, -0.1) is 6.58 Å². The van der Waals surface area contributed by atoms with E-state index in [1.54, 1.807) is 36.4 Å². The number of carbonyl (C=O) groups excluding carboxylic acids is 1. The molecule has 0 spiro atoms. The van der Waals surface area contributed by atoms with Crippen LogP contribution in [-0.2, 0) is 6.42 Å². The van der Waals surface area contributed by atoms with Crippen LogP contribution in [0.15, 0.2) is 61.2 Å². The maximum atomic E-state index is 11.9. The summed E-state index contributed by atoms with van der Waals surface area (Å²) in [5.74, 6) is -0.395. The molecule has 0 heterocycles. The number of allylic oxidation sites excluding steroid dienone is 1. The van der Waals surface area contributed by atoms with E-state index >= 15 is 0 Å². The summed E-state index contributed by atoms with van der Waals surface area (Å²) < 4.78 is 5.12. The number of carbonyl (C=O) groups is 1. The van der Waals surface area contributed by atoms with Crippen LogP contribution < -0.4 is 4.74 Å². The highest BCUT2D eigenvalue weighted by Gasteiger charge is 2.10. The topological polar surface area (TPSA) is 46.5 Å². The molecular weight excluding hydrogens is 240 g/mol. The Labute approximate surface area is 111 Å². The Morgan fingerprint density at radius 3 is 2.47 bits per heavy atom. The summed E-state index contributed by atoms with van der Waals surface area (Å²) in [6.07, 6.45) is 2.56. The first kappa shape index (κ1) is 12.9. The molecule has 96 valence electrons. The van der Waals surface area contributed by atoms with Gasteiger partial charge < -0.3 is 9.84 Å². The van der Waals surface area contributed by atoms with Crippen molar-refractivity contribution in [1.82, 2.24) is 0 Å². The van der Waals surface area contributed by atoms with Gasteiger partial charge in [-0.25, -0.2) is 4.79 Å². The summed E-state index contributed by atoms with van der Waals surface area (Å²) in [6.45, 7) is 3.66. The monoisotopic (exact) mass is 254 g/mol. The minimum Gasteiger partial charge on any atom is -0.504 e. The first-order chi connectivity index (χ1) is 9.20. The molecule has 0 aliphatic rings. The van der Waals surface area contributed by atoms with Gasteiger partial charge in [-0.05, 0) is 36.2 Å². The molecule has 0 amide bonds. The Hall–Kier alpha value is -2.55. The Balaban J connectivity index is 2.12. The Morgan fingerprint density at radius 2 is 1.84 bits per heavy atom. The van der Waals surface area contributed by atoms with Gasteiger partial charge in [-0.2, -0.15) is 0 Å². The van der Waals surface area contributed by atoms with Gasteiger partial charge in [0, 0.05) is 0 Å². The van der Waals surface area contributed by atoms with Crippen molar-refractivity contribution in [2.45, 2.75) is 6.42 Å². The van der Waals surface area contributed by atoms with E-state index in [4.69, 9.17) is 4.74 Å². The van der Waals surface area contributed by atoms with Gasteiger partial charge in [0.25, 0.3) is 0 Å². The fourth-order valence-electron chi connectivity index (χ4n) is 1.65. The largest absolute Gasteiger partial charge is 0.504 e. The van der Waals surface area contributed by atoms with Gasteiger partial charge >= 0.3 is 5.97 Å². The SMILES string of the molecule is C=CCc1ccc(C(=O)Oc2ccccc2O)cc1. The maximum Gasteiger partial charge on any atom is 0.343 e. The number of phenolic OH excluding ortho intramolecular Hbond substituents is 1. The molecule has 2 aromatic rings. The second-order valence-corrected chi connectivity index (χ2v) is 4.05. The maximum absolute atomic E-state index is 11.9. The molecule has 0 aromatic heterocycles. The van der Waals surface area contributed by atoms with E-state index in [-0.39, 0.29) is 11.5 Å². The molecule has 0 saturated heterocycles. The first-order valence-electron chi connectivity index (χ1n) is 5.90. The number of benzene rings is 2. The predicted molar refractivity (Wildman–Crippen MR) is 73.4 cm³/mol. The average Bonchev–Trinajstić information content (AvgIpc) is 2.42. The van der Waals surface area contributed by atoms with Crippen molar-refractivity contribution >= 4 is 5.97 Å². The predicted octanol–water partition coefficient (Wildman–Crippen LogP) is 3.34. The number of esters is 1. The average molecular weight is 254 g/mol. The van der Waals surface area contributed by atoms with Gasteiger partial charge in [0.2, 0.25) is 0 Å². The second kappa shape index (κ2) is 5.87. The molecule has 0 atom stereocenters. The van der Waals surface area contributed by atoms with Crippen LogP contribution in [-0.4, -0.2) is 11.1 Å². The quantitative estimate of drug-likeness (QED) is 0.517. The summed E-state index contributed by atoms with van der Waals surface area (Å²) in [7, 11) is 0. The molecular formula is C16H14O3. The number of ether oxygens (including phenoxy) is 1. The van der Waals surface area contributed by atoms with Crippen LogP contribution in [0.1, 0.15) is 15.9 Å². The number of para-hydroxylation sites is 2. The third-order valence-corrected chi connectivity index (χ3v) is 2.64. The van der Waals surface area contributed by atoms with Crippen molar-refractivity contribution in [3.8, 4) is 11.5 Å². The van der Waals surface area contributed by atoms with Crippen molar-refractivity contribution in [2.75, 3.05) is 0 Å². The standard InChI is InChI=1S/C16H14O3/c1-2-5-12-8-10-13(11-9-12)16(18)19-15-7-4-3-6-14(15)17/h2-4,6-11,17H,1,5H2. The van der Waals surface area contributed by atoms with Gasteiger partial charge in [0.1, 0.15) is 0 Å². The molecule has 3 heteroatoms. The zero-order valence-corrected chi connectivity index (χ0v) is 10.4. The van der Waals surface area contributed by atoms with E-state index in [2.05, 4.69) is 6.58 Å². The smallest absolute Gasteiger partial charge is 0.343 e. The summed E-state index contributed by atoms with van der Waals surface area (Å²) in [5.41, 5.74) is 1.52. The highest BCUT2D eigenvalue weighted by molar-refractivity contribution is 5.91. The fraction of sp³-hybridized carbons (Fsp3) is 0.0625. The zero-order valence-electron chi connectivity index (χ0n) is 10.4. The molecule has 0 saturated carbocycles. The van der Waals surface area contributed by atoms with Crippen molar-refractivity contribution in [3.63, 3.8) is 0 Å². The summed E-state index contributed by atoms with van der Waals surface area (Å²) >= 11 is 0. The molecule has 1 N–H and O–H groups in total. The normalized spacial score (nSPS) is 9.89. The lowest BCUT2D eigenvalue weighted by Gasteiger charge is -2.06. The Morgan fingerprint density at radius 1 is 1.16 bits per heavy atom. The third-order valence-electron chi connectivity index (χ3n) is 2.64. The van der Waals surface area contributed by atoms with Gasteiger partial charge in [0.15, 0.2) is 11.5 Å². The third kappa shape index (κ3) is 3.22. The van der Waals surface area contributed by atoms with Crippen LogP contribution in [0, 0.1) is 0 Å². The van der Waals surface area contributed by atoms with E-state index in [1.807, 2.05) is 12.1 Å². The van der Waals surface area contributed by atoms with Crippen molar-refractivity contribution in [1.29, 1.82) is 0 Å². The minimum absolute atomic E-state index is 0.0564. The van der Waals surface area contributed by atoms with Crippen LogP contribution in [0.25, 0.3) is 0 Å². The minimum atomic E-state index is -0.494. The number of hydrogen-bond acceptors (Lipinski definition) is 3. The number of aromatic hydroxyl groups is 1. The Bertz CT molecular complexity index is 585. The summed E-state index contributed by atoms with van der Waals surface area (Å²) in [5, 5.41) is 9.53. The van der Waals surface area contributed by atoms with E-state index in [0.717, 1.165) is 12.0 Å². The van der Waals surface area contributed by atoms with Gasteiger partial charge in [-0.3, -0.25) is 0 Å². The molecule has 0 fully saturated rings. The van der Waals surface area contributed by atoms with Gasteiger partial charge in [0.05, 0.1) is 5.56 Å². The van der Waals surface area contributed by atoms with E-state index in [0.29, 0.717) is 5.56 Å². The van der Waals surface area contributed by atoms with Crippen molar-refractivity contribution in [2.24, 2.45) is 0 Å². The second-order valence-electron chi connectivity index (χ2n) is 4.05. The fourth-order valence-corrected chi connectivity index (χ4v) is 1.65. The molecule has 2 rings (SSSR count). The number of rotatable bonds is 4. The van der Waals surface area contributed by atoms with Crippen LogP contribution in [0.3, 0.4) is 0 Å². The summed E-state index contributed by atoms with van der Waals surface area (Å²) in [4.78, 5) is 11.9. The summed E-state index contributed by atoms with van der Waals surface area (Å²) in [6, 6.07) is 13.5. The molecule has 2 aromatic carbocycles. The highest BCUT2D eigenvalue weighted by Crippen LogP contribution is 2.25. The van der Waals surface area contributed by atoms with Gasteiger partial charge in [-0.1, -0.05) is 30.3 Å². The lowest BCUT2D eigenvalue weighted by Crippen LogP contribution is -2.08. The molecule has 0 aliphatic carbocycles. The number of phenols is 1. The Kier molecular flexibility index (Phi) is 3.98. The molecule has 3 nitrogen and oxygen atoms in total. The van der Waals surface area contributed by atoms with Crippen LogP contribution in [0.2, 0.25) is 0 Å².